The van der Waals surface area contributed by atoms with Crippen LogP contribution >= 0.6 is 11.6 Å². The molecule has 0 spiro atoms. The number of halogens is 3. The van der Waals surface area contributed by atoms with Crippen molar-refractivity contribution in [2.75, 3.05) is 18.9 Å². The molecule has 178 valence electrons. The van der Waals surface area contributed by atoms with Crippen LogP contribution in [0, 0.1) is 0 Å². The number of sulfonamides is 1. The maximum atomic E-state index is 13.2. The SMILES string of the molecule is COc1nc(NS(=O)(=O)c2c[nH]c3c(-c4ncccn4)c(Cl)ccc23)nc(OC)c1OC(F)F. The molecule has 0 saturated carbocycles. The van der Waals surface area contributed by atoms with Crippen molar-refractivity contribution < 1.29 is 31.4 Å². The van der Waals surface area contributed by atoms with Crippen LogP contribution in [0.25, 0.3) is 22.3 Å². The van der Waals surface area contributed by atoms with Crippen LogP contribution in [-0.4, -0.2) is 54.2 Å². The molecule has 0 radical (unpaired) electrons. The second-order valence-corrected chi connectivity index (χ2v) is 8.51. The maximum absolute atomic E-state index is 13.2. The van der Waals surface area contributed by atoms with Crippen molar-refractivity contribution in [2.45, 2.75) is 11.5 Å². The molecule has 15 heteroatoms. The Morgan fingerprint density at radius 2 is 1.74 bits per heavy atom. The van der Waals surface area contributed by atoms with Gasteiger partial charge in [0.25, 0.3) is 21.8 Å². The summed E-state index contributed by atoms with van der Waals surface area (Å²) in [6.07, 6.45) is 4.30. The topological polar surface area (TPSA) is 141 Å². The van der Waals surface area contributed by atoms with Crippen molar-refractivity contribution in [3.8, 4) is 28.9 Å². The number of methoxy groups -OCH3 is 2. The quantitative estimate of drug-likeness (QED) is 0.363. The Morgan fingerprint density at radius 3 is 2.32 bits per heavy atom. The molecule has 1 aromatic carbocycles. The molecule has 0 aliphatic rings. The number of H-pyrrole nitrogens is 1. The Kier molecular flexibility index (Phi) is 6.34. The van der Waals surface area contributed by atoms with Crippen LogP contribution in [0.15, 0.2) is 41.7 Å². The summed E-state index contributed by atoms with van der Waals surface area (Å²) in [4.78, 5) is 18.7. The van der Waals surface area contributed by atoms with Crippen LogP contribution in [-0.2, 0) is 10.0 Å². The van der Waals surface area contributed by atoms with Crippen molar-refractivity contribution in [1.82, 2.24) is 24.9 Å². The predicted molar refractivity (Wildman–Crippen MR) is 117 cm³/mol. The number of rotatable bonds is 8. The Morgan fingerprint density at radius 1 is 1.09 bits per heavy atom. The Balaban J connectivity index is 1.77. The number of fused-ring (bicyclic) bond motifs is 1. The molecule has 11 nitrogen and oxygen atoms in total. The minimum absolute atomic E-state index is 0.161. The first-order valence-corrected chi connectivity index (χ1v) is 11.2. The van der Waals surface area contributed by atoms with Gasteiger partial charge < -0.3 is 19.2 Å². The fraction of sp³-hybridized carbons (Fsp3) is 0.158. The van der Waals surface area contributed by atoms with Crippen molar-refractivity contribution in [1.29, 1.82) is 0 Å². The largest absolute Gasteiger partial charge is 0.478 e. The zero-order valence-corrected chi connectivity index (χ0v) is 19.0. The molecule has 0 aliphatic heterocycles. The van der Waals surface area contributed by atoms with Gasteiger partial charge >= 0.3 is 6.61 Å². The number of nitrogens with one attached hydrogen (secondary N) is 2. The van der Waals surface area contributed by atoms with E-state index in [0.29, 0.717) is 21.9 Å². The van der Waals surface area contributed by atoms with Gasteiger partial charge in [-0.2, -0.15) is 18.7 Å². The van der Waals surface area contributed by atoms with E-state index in [1.54, 1.807) is 6.07 Å². The molecule has 0 unspecified atom stereocenters. The summed E-state index contributed by atoms with van der Waals surface area (Å²) in [5, 5.41) is 0.598. The summed E-state index contributed by atoms with van der Waals surface area (Å²) in [6, 6.07) is 4.66. The van der Waals surface area contributed by atoms with Crippen molar-refractivity contribution in [2.24, 2.45) is 0 Å². The first-order chi connectivity index (χ1) is 16.2. The van der Waals surface area contributed by atoms with E-state index in [4.69, 9.17) is 21.1 Å². The summed E-state index contributed by atoms with van der Waals surface area (Å²) >= 11 is 6.33. The highest BCUT2D eigenvalue weighted by molar-refractivity contribution is 7.93. The molecule has 0 bridgehead atoms. The van der Waals surface area contributed by atoms with E-state index in [2.05, 4.69) is 34.4 Å². The van der Waals surface area contributed by atoms with Gasteiger partial charge in [-0.1, -0.05) is 11.6 Å². The standard InChI is InChI=1S/C19H15ClF2N6O5S/c1-31-16-14(33-18(21)22)17(32-2)27-19(26-16)28-34(29,30)11-8-25-13-9(11)4-5-10(20)12(13)15-23-6-3-7-24-15/h3-8,18,25H,1-2H3,(H,26,27,28). The van der Waals surface area contributed by atoms with E-state index in [9.17, 15) is 17.2 Å². The van der Waals surface area contributed by atoms with E-state index in [0.717, 1.165) is 14.2 Å². The monoisotopic (exact) mass is 512 g/mol. The molecule has 4 aromatic rings. The van der Waals surface area contributed by atoms with Gasteiger partial charge in [0.05, 0.1) is 30.3 Å². The lowest BCUT2D eigenvalue weighted by atomic mass is 10.1. The lowest BCUT2D eigenvalue weighted by molar-refractivity contribution is -0.0533. The lowest BCUT2D eigenvalue weighted by Crippen LogP contribution is -2.16. The number of aromatic nitrogens is 5. The number of ether oxygens (including phenoxy) is 3. The second-order valence-electron chi connectivity index (χ2n) is 6.45. The Hall–Kier alpha value is -3.78. The number of nitrogens with zero attached hydrogens (tertiary/aromatic N) is 4. The van der Waals surface area contributed by atoms with Gasteiger partial charge in [0.2, 0.25) is 11.7 Å². The Labute approximate surface area is 196 Å². The van der Waals surface area contributed by atoms with Crippen molar-refractivity contribution >= 4 is 38.5 Å². The third kappa shape index (κ3) is 4.36. The first-order valence-electron chi connectivity index (χ1n) is 9.29. The molecule has 3 aromatic heterocycles. The molecule has 2 N–H and O–H groups in total. The highest BCUT2D eigenvalue weighted by Gasteiger charge is 2.26. The number of anilines is 1. The maximum Gasteiger partial charge on any atom is 0.387 e. The van der Waals surface area contributed by atoms with E-state index in [1.165, 1.54) is 30.7 Å². The minimum Gasteiger partial charge on any atom is -0.478 e. The number of aromatic amines is 1. The number of hydrogen-bond donors (Lipinski definition) is 2. The molecule has 4 rings (SSSR count). The van der Waals surface area contributed by atoms with Gasteiger partial charge in [0, 0.05) is 24.0 Å². The molecule has 34 heavy (non-hydrogen) atoms. The van der Waals surface area contributed by atoms with Gasteiger partial charge in [-0.05, 0) is 18.2 Å². The molecule has 0 amide bonds. The van der Waals surface area contributed by atoms with E-state index in [-0.39, 0.29) is 10.3 Å². The predicted octanol–water partition coefficient (Wildman–Crippen LogP) is 3.49. The normalized spacial score (nSPS) is 11.6. The van der Waals surface area contributed by atoms with Crippen molar-refractivity contribution in [3.05, 3.63) is 41.8 Å². The molecule has 0 aliphatic carbocycles. The fourth-order valence-corrected chi connectivity index (χ4v) is 4.47. The Bertz CT molecular complexity index is 1430. The zero-order valence-electron chi connectivity index (χ0n) is 17.4. The average Bonchev–Trinajstić information content (AvgIpc) is 3.24. The number of benzene rings is 1. The summed E-state index contributed by atoms with van der Waals surface area (Å²) in [5.74, 6) is -1.70. The number of alkyl halides is 2. The molecular weight excluding hydrogens is 498 g/mol. The third-order valence-corrected chi connectivity index (χ3v) is 6.15. The van der Waals surface area contributed by atoms with Gasteiger partial charge in [0.15, 0.2) is 5.82 Å². The summed E-state index contributed by atoms with van der Waals surface area (Å²) < 4.78 is 68.1. The minimum atomic E-state index is -4.28. The van der Waals surface area contributed by atoms with Crippen molar-refractivity contribution in [3.63, 3.8) is 0 Å². The highest BCUT2D eigenvalue weighted by Crippen LogP contribution is 2.38. The third-order valence-electron chi connectivity index (χ3n) is 4.47. The lowest BCUT2D eigenvalue weighted by Gasteiger charge is -2.14. The van der Waals surface area contributed by atoms with E-state index in [1.807, 2.05) is 0 Å². The second kappa shape index (κ2) is 9.23. The zero-order chi connectivity index (χ0) is 24.5. The van der Waals surface area contributed by atoms with Crippen LogP contribution in [0.5, 0.6) is 17.5 Å². The number of hydrogen-bond acceptors (Lipinski definition) is 9. The molecule has 3 heterocycles. The summed E-state index contributed by atoms with van der Waals surface area (Å²) in [7, 11) is -2.02. The van der Waals surface area contributed by atoms with Crippen LogP contribution in [0.3, 0.4) is 0 Å². The molecular formula is C19H15ClF2N6O5S. The van der Waals surface area contributed by atoms with Crippen LogP contribution in [0.1, 0.15) is 0 Å². The molecule has 0 atom stereocenters. The van der Waals surface area contributed by atoms with Crippen LogP contribution in [0.4, 0.5) is 14.7 Å². The molecule has 0 fully saturated rings. The average molecular weight is 513 g/mol. The summed E-state index contributed by atoms with van der Waals surface area (Å²) in [6.45, 7) is -3.21. The summed E-state index contributed by atoms with van der Waals surface area (Å²) in [5.41, 5.74) is 0.796. The fourth-order valence-electron chi connectivity index (χ4n) is 3.11. The van der Waals surface area contributed by atoms with E-state index < -0.39 is 40.1 Å². The van der Waals surface area contributed by atoms with E-state index >= 15 is 0 Å². The van der Waals surface area contributed by atoms with Crippen LogP contribution in [0.2, 0.25) is 5.02 Å². The van der Waals surface area contributed by atoms with Gasteiger partial charge in [-0.3, -0.25) is 0 Å². The first kappa shape index (κ1) is 23.4. The van der Waals surface area contributed by atoms with Crippen LogP contribution < -0.4 is 18.9 Å². The highest BCUT2D eigenvalue weighted by atomic mass is 35.5. The van der Waals surface area contributed by atoms with Gasteiger partial charge in [0.1, 0.15) is 4.90 Å². The van der Waals surface area contributed by atoms with Gasteiger partial charge in [-0.25, -0.2) is 23.1 Å². The van der Waals surface area contributed by atoms with Gasteiger partial charge in [-0.15, -0.1) is 0 Å². The smallest absolute Gasteiger partial charge is 0.387 e. The molecule has 0 saturated heterocycles.